The van der Waals surface area contributed by atoms with Crippen LogP contribution in [0.4, 0.5) is 0 Å². The van der Waals surface area contributed by atoms with Crippen molar-refractivity contribution in [3.8, 4) is 5.75 Å². The van der Waals surface area contributed by atoms with Gasteiger partial charge >= 0.3 is 0 Å². The van der Waals surface area contributed by atoms with Crippen molar-refractivity contribution in [1.82, 2.24) is 5.32 Å². The van der Waals surface area contributed by atoms with Gasteiger partial charge in [0.05, 0.1) is 19.1 Å². The SMILES string of the molecule is CC(C)[C@@H](CO)NC(=O)Cc1ccc(O)cc1. The second-order valence-corrected chi connectivity index (χ2v) is 4.44. The number of aliphatic hydroxyl groups excluding tert-OH is 1. The standard InChI is InChI=1S/C13H19NO3/c1-9(2)12(8-15)14-13(17)7-10-3-5-11(16)6-4-10/h3-6,9,12,15-16H,7-8H2,1-2H3,(H,14,17)/t12-/m1/s1. The number of nitrogens with one attached hydrogen (secondary N) is 1. The first kappa shape index (κ1) is 13.5. The summed E-state index contributed by atoms with van der Waals surface area (Å²) in [5.74, 6) is 0.261. The maximum atomic E-state index is 11.7. The zero-order valence-corrected chi connectivity index (χ0v) is 10.2. The lowest BCUT2D eigenvalue weighted by Gasteiger charge is -2.19. The van der Waals surface area contributed by atoms with E-state index in [1.165, 1.54) is 0 Å². The van der Waals surface area contributed by atoms with Crippen molar-refractivity contribution in [3.63, 3.8) is 0 Å². The fourth-order valence-electron chi connectivity index (χ4n) is 1.48. The third-order valence-corrected chi connectivity index (χ3v) is 2.65. The molecule has 1 aromatic carbocycles. The Labute approximate surface area is 101 Å². The maximum absolute atomic E-state index is 11.7. The average Bonchev–Trinajstić information content (AvgIpc) is 2.28. The number of hydrogen-bond donors (Lipinski definition) is 3. The van der Waals surface area contributed by atoms with Crippen LogP contribution in [0.5, 0.6) is 5.75 Å². The van der Waals surface area contributed by atoms with Crippen molar-refractivity contribution in [2.45, 2.75) is 26.3 Å². The summed E-state index contributed by atoms with van der Waals surface area (Å²) in [5.41, 5.74) is 0.834. The minimum atomic E-state index is -0.209. The molecule has 0 saturated heterocycles. The number of hydrogen-bond acceptors (Lipinski definition) is 3. The van der Waals surface area contributed by atoms with Crippen LogP contribution < -0.4 is 5.32 Å². The summed E-state index contributed by atoms with van der Waals surface area (Å²) in [5, 5.41) is 21.0. The van der Waals surface area contributed by atoms with Gasteiger partial charge in [0.2, 0.25) is 5.91 Å². The molecule has 0 heterocycles. The van der Waals surface area contributed by atoms with E-state index in [9.17, 15) is 4.79 Å². The minimum Gasteiger partial charge on any atom is -0.508 e. The number of rotatable bonds is 5. The zero-order chi connectivity index (χ0) is 12.8. The molecule has 0 saturated carbocycles. The largest absolute Gasteiger partial charge is 0.508 e. The van der Waals surface area contributed by atoms with E-state index in [0.29, 0.717) is 0 Å². The normalized spacial score (nSPS) is 12.5. The molecule has 0 aliphatic heterocycles. The van der Waals surface area contributed by atoms with Gasteiger partial charge in [-0.05, 0) is 23.6 Å². The lowest BCUT2D eigenvalue weighted by molar-refractivity contribution is -0.121. The smallest absolute Gasteiger partial charge is 0.224 e. The molecule has 3 N–H and O–H groups in total. The van der Waals surface area contributed by atoms with Gasteiger partial charge in [-0.2, -0.15) is 0 Å². The molecule has 0 radical (unpaired) electrons. The fourth-order valence-corrected chi connectivity index (χ4v) is 1.48. The van der Waals surface area contributed by atoms with Crippen LogP contribution in [0.15, 0.2) is 24.3 Å². The quantitative estimate of drug-likeness (QED) is 0.717. The molecule has 1 rings (SSSR count). The molecule has 0 bridgehead atoms. The molecule has 1 atom stereocenters. The molecule has 0 spiro atoms. The molecule has 4 nitrogen and oxygen atoms in total. The number of phenols is 1. The summed E-state index contributed by atoms with van der Waals surface area (Å²) in [4.78, 5) is 11.7. The van der Waals surface area contributed by atoms with Crippen LogP contribution in [0.25, 0.3) is 0 Å². The summed E-state index contributed by atoms with van der Waals surface area (Å²) in [6.45, 7) is 3.84. The van der Waals surface area contributed by atoms with Crippen LogP contribution >= 0.6 is 0 Å². The summed E-state index contributed by atoms with van der Waals surface area (Å²) in [6, 6.07) is 6.30. The van der Waals surface area contributed by atoms with Crippen molar-refractivity contribution in [2.75, 3.05) is 6.61 Å². The number of amides is 1. The molecule has 1 aromatic rings. The lowest BCUT2D eigenvalue weighted by Crippen LogP contribution is -2.41. The Bertz CT molecular complexity index is 359. The first-order valence-corrected chi connectivity index (χ1v) is 5.71. The molecule has 17 heavy (non-hydrogen) atoms. The van der Waals surface area contributed by atoms with Gasteiger partial charge in [0.1, 0.15) is 5.75 Å². The number of carbonyl (C=O) groups excluding carboxylic acids is 1. The van der Waals surface area contributed by atoms with Crippen molar-refractivity contribution in [3.05, 3.63) is 29.8 Å². The van der Waals surface area contributed by atoms with Gasteiger partial charge in [0.25, 0.3) is 0 Å². The highest BCUT2D eigenvalue weighted by Crippen LogP contribution is 2.10. The number of benzene rings is 1. The van der Waals surface area contributed by atoms with Crippen molar-refractivity contribution >= 4 is 5.91 Å². The van der Waals surface area contributed by atoms with E-state index < -0.39 is 0 Å². The van der Waals surface area contributed by atoms with Crippen LogP contribution in [0, 0.1) is 5.92 Å². The van der Waals surface area contributed by atoms with E-state index >= 15 is 0 Å². The van der Waals surface area contributed by atoms with Gasteiger partial charge in [-0.1, -0.05) is 26.0 Å². The van der Waals surface area contributed by atoms with Crippen LogP contribution in [-0.4, -0.2) is 28.8 Å². The number of phenolic OH excluding ortho intramolecular Hbond substituents is 1. The fraction of sp³-hybridized carbons (Fsp3) is 0.462. The maximum Gasteiger partial charge on any atom is 0.224 e. The molecule has 4 heteroatoms. The van der Waals surface area contributed by atoms with Gasteiger partial charge in [-0.15, -0.1) is 0 Å². The Kier molecular flexibility index (Phi) is 4.97. The molecule has 0 fully saturated rings. The van der Waals surface area contributed by atoms with E-state index in [0.717, 1.165) is 5.56 Å². The van der Waals surface area contributed by atoms with Gasteiger partial charge < -0.3 is 15.5 Å². The molecule has 94 valence electrons. The highest BCUT2D eigenvalue weighted by atomic mass is 16.3. The molecule has 0 unspecified atom stereocenters. The summed E-state index contributed by atoms with van der Waals surface area (Å²) >= 11 is 0. The van der Waals surface area contributed by atoms with Crippen LogP contribution in [0.1, 0.15) is 19.4 Å². The van der Waals surface area contributed by atoms with Gasteiger partial charge in [0.15, 0.2) is 0 Å². The zero-order valence-electron chi connectivity index (χ0n) is 10.2. The molecule has 0 aromatic heterocycles. The second-order valence-electron chi connectivity index (χ2n) is 4.44. The lowest BCUT2D eigenvalue weighted by atomic mass is 10.0. The first-order chi connectivity index (χ1) is 8.02. The number of carbonyl (C=O) groups is 1. The molecule has 1 amide bonds. The van der Waals surface area contributed by atoms with Crippen LogP contribution in [0.3, 0.4) is 0 Å². The van der Waals surface area contributed by atoms with Crippen molar-refractivity contribution < 1.29 is 15.0 Å². The molecule has 0 aliphatic carbocycles. The van der Waals surface area contributed by atoms with E-state index in [-0.39, 0.29) is 36.6 Å². The Hall–Kier alpha value is -1.55. The minimum absolute atomic E-state index is 0.0566. The Morgan fingerprint density at radius 3 is 2.35 bits per heavy atom. The number of aliphatic hydroxyl groups is 1. The van der Waals surface area contributed by atoms with E-state index in [4.69, 9.17) is 10.2 Å². The van der Waals surface area contributed by atoms with Gasteiger partial charge in [-0.3, -0.25) is 4.79 Å². The van der Waals surface area contributed by atoms with Crippen LogP contribution in [-0.2, 0) is 11.2 Å². The third kappa shape index (κ3) is 4.44. The van der Waals surface area contributed by atoms with Crippen molar-refractivity contribution in [2.24, 2.45) is 5.92 Å². The average molecular weight is 237 g/mol. The predicted molar refractivity (Wildman–Crippen MR) is 65.7 cm³/mol. The topological polar surface area (TPSA) is 69.6 Å². The molecular formula is C13H19NO3. The van der Waals surface area contributed by atoms with E-state index in [1.54, 1.807) is 24.3 Å². The van der Waals surface area contributed by atoms with E-state index in [2.05, 4.69) is 5.32 Å². The summed E-state index contributed by atoms with van der Waals surface area (Å²) in [7, 11) is 0. The Morgan fingerprint density at radius 2 is 1.88 bits per heavy atom. The van der Waals surface area contributed by atoms with Crippen LogP contribution in [0.2, 0.25) is 0 Å². The summed E-state index contributed by atoms with van der Waals surface area (Å²) in [6.07, 6.45) is 0.253. The van der Waals surface area contributed by atoms with Crippen molar-refractivity contribution in [1.29, 1.82) is 0 Å². The Morgan fingerprint density at radius 1 is 1.29 bits per heavy atom. The van der Waals surface area contributed by atoms with E-state index in [1.807, 2.05) is 13.8 Å². The van der Waals surface area contributed by atoms with Gasteiger partial charge in [-0.25, -0.2) is 0 Å². The number of aromatic hydroxyl groups is 1. The highest BCUT2D eigenvalue weighted by Gasteiger charge is 2.14. The third-order valence-electron chi connectivity index (χ3n) is 2.65. The first-order valence-electron chi connectivity index (χ1n) is 5.71. The summed E-state index contributed by atoms with van der Waals surface area (Å²) < 4.78 is 0. The predicted octanol–water partition coefficient (Wildman–Crippen LogP) is 1.07. The van der Waals surface area contributed by atoms with Gasteiger partial charge in [0, 0.05) is 0 Å². The second kappa shape index (κ2) is 6.25. The molecular weight excluding hydrogens is 218 g/mol. The monoisotopic (exact) mass is 237 g/mol. The Balaban J connectivity index is 2.52. The molecule has 0 aliphatic rings. The highest BCUT2D eigenvalue weighted by molar-refractivity contribution is 5.78.